The number of carbonyl (C=O) groups is 1. The Labute approximate surface area is 85.4 Å². The van der Waals surface area contributed by atoms with Gasteiger partial charge in [-0.25, -0.2) is 4.98 Å². The summed E-state index contributed by atoms with van der Waals surface area (Å²) in [6.07, 6.45) is 0. The molecular formula is C8H12N2O3S. The van der Waals surface area contributed by atoms with Gasteiger partial charge in [0.2, 0.25) is 0 Å². The molecule has 1 amide bonds. The van der Waals surface area contributed by atoms with E-state index in [2.05, 4.69) is 10.3 Å². The third kappa shape index (κ3) is 2.76. The number of amides is 1. The summed E-state index contributed by atoms with van der Waals surface area (Å²) in [7, 11) is 0. The van der Waals surface area contributed by atoms with E-state index in [0.717, 1.165) is 5.01 Å². The van der Waals surface area contributed by atoms with Crippen LogP contribution in [0.25, 0.3) is 0 Å². The molecule has 5 nitrogen and oxygen atoms in total. The Morgan fingerprint density at radius 2 is 2.29 bits per heavy atom. The molecule has 0 aliphatic carbocycles. The Hall–Kier alpha value is -0.980. The minimum absolute atomic E-state index is 0.286. The number of thiazole rings is 1. The molecule has 1 rings (SSSR count). The smallest absolute Gasteiger partial charge is 0.271 e. The van der Waals surface area contributed by atoms with Crippen LogP contribution in [0.1, 0.15) is 15.5 Å². The number of nitrogens with one attached hydrogen (secondary N) is 1. The van der Waals surface area contributed by atoms with E-state index in [-0.39, 0.29) is 19.1 Å². The zero-order valence-electron chi connectivity index (χ0n) is 7.73. The van der Waals surface area contributed by atoms with Crippen LogP contribution >= 0.6 is 11.3 Å². The Kier molecular flexibility index (Phi) is 3.99. The first kappa shape index (κ1) is 11.1. The molecule has 14 heavy (non-hydrogen) atoms. The minimum Gasteiger partial charge on any atom is -0.394 e. The van der Waals surface area contributed by atoms with E-state index in [1.807, 2.05) is 0 Å². The highest BCUT2D eigenvalue weighted by Gasteiger charge is 2.13. The van der Waals surface area contributed by atoms with E-state index in [9.17, 15) is 4.79 Å². The molecule has 0 aliphatic heterocycles. The number of aliphatic hydroxyl groups excluding tert-OH is 2. The van der Waals surface area contributed by atoms with E-state index in [1.165, 1.54) is 11.3 Å². The summed E-state index contributed by atoms with van der Waals surface area (Å²) in [5, 5.41) is 22.4. The predicted octanol–water partition coefficient (Wildman–Crippen LogP) is -0.465. The second-order valence-corrected chi connectivity index (χ2v) is 3.85. The molecule has 1 aromatic heterocycles. The van der Waals surface area contributed by atoms with Gasteiger partial charge >= 0.3 is 0 Å². The average molecular weight is 216 g/mol. The van der Waals surface area contributed by atoms with Gasteiger partial charge in [-0.05, 0) is 6.92 Å². The Morgan fingerprint density at radius 1 is 1.64 bits per heavy atom. The maximum atomic E-state index is 11.4. The number of aliphatic hydroxyl groups is 2. The number of nitrogens with zero attached hydrogens (tertiary/aromatic N) is 1. The normalized spacial score (nSPS) is 10.6. The number of carbonyl (C=O) groups excluding carboxylic acids is 1. The van der Waals surface area contributed by atoms with E-state index in [0.29, 0.717) is 5.69 Å². The minimum atomic E-state index is -0.621. The van der Waals surface area contributed by atoms with Gasteiger partial charge in [-0.1, -0.05) is 0 Å². The first-order chi connectivity index (χ1) is 6.67. The van der Waals surface area contributed by atoms with Crippen molar-refractivity contribution in [2.24, 2.45) is 0 Å². The molecule has 0 bridgehead atoms. The van der Waals surface area contributed by atoms with Gasteiger partial charge in [0, 0.05) is 5.38 Å². The fourth-order valence-electron chi connectivity index (χ4n) is 0.876. The fourth-order valence-corrected chi connectivity index (χ4v) is 1.47. The van der Waals surface area contributed by atoms with Gasteiger partial charge in [0.25, 0.3) is 5.91 Å². The summed E-state index contributed by atoms with van der Waals surface area (Å²) >= 11 is 1.38. The summed E-state index contributed by atoms with van der Waals surface area (Å²) in [5.41, 5.74) is 0.319. The van der Waals surface area contributed by atoms with E-state index in [1.54, 1.807) is 12.3 Å². The van der Waals surface area contributed by atoms with Gasteiger partial charge in [-0.15, -0.1) is 11.3 Å². The van der Waals surface area contributed by atoms with Gasteiger partial charge in [-0.2, -0.15) is 0 Å². The molecule has 0 unspecified atom stereocenters. The SMILES string of the molecule is Cc1nc(C(=O)NC(CO)CO)cs1. The van der Waals surface area contributed by atoms with Crippen LogP contribution in [-0.2, 0) is 0 Å². The second-order valence-electron chi connectivity index (χ2n) is 2.79. The lowest BCUT2D eigenvalue weighted by Crippen LogP contribution is -2.40. The standard InChI is InChI=1S/C8H12N2O3S/c1-5-9-7(4-14-5)8(13)10-6(2-11)3-12/h4,6,11-12H,2-3H2,1H3,(H,10,13). The van der Waals surface area contributed by atoms with Crippen LogP contribution in [0.2, 0.25) is 0 Å². The highest BCUT2D eigenvalue weighted by molar-refractivity contribution is 7.09. The molecular weight excluding hydrogens is 204 g/mol. The molecule has 6 heteroatoms. The van der Waals surface area contributed by atoms with Crippen molar-refractivity contribution in [1.82, 2.24) is 10.3 Å². The van der Waals surface area contributed by atoms with Crippen molar-refractivity contribution >= 4 is 17.2 Å². The first-order valence-corrected chi connectivity index (χ1v) is 5.00. The van der Waals surface area contributed by atoms with Crippen LogP contribution in [0.3, 0.4) is 0 Å². The van der Waals surface area contributed by atoms with E-state index < -0.39 is 6.04 Å². The molecule has 3 N–H and O–H groups in total. The van der Waals surface area contributed by atoms with Gasteiger partial charge in [0.1, 0.15) is 5.69 Å². The zero-order valence-corrected chi connectivity index (χ0v) is 8.54. The highest BCUT2D eigenvalue weighted by atomic mass is 32.1. The molecule has 0 saturated carbocycles. The number of hydrogen-bond donors (Lipinski definition) is 3. The molecule has 0 spiro atoms. The molecule has 1 heterocycles. The quantitative estimate of drug-likeness (QED) is 0.635. The van der Waals surface area contributed by atoms with Crippen molar-refractivity contribution in [3.63, 3.8) is 0 Å². The van der Waals surface area contributed by atoms with Crippen molar-refractivity contribution in [3.05, 3.63) is 16.1 Å². The van der Waals surface area contributed by atoms with E-state index >= 15 is 0 Å². The largest absolute Gasteiger partial charge is 0.394 e. The van der Waals surface area contributed by atoms with Gasteiger partial charge in [-0.3, -0.25) is 4.79 Å². The predicted molar refractivity (Wildman–Crippen MR) is 52.3 cm³/mol. The maximum absolute atomic E-state index is 11.4. The number of hydrogen-bond acceptors (Lipinski definition) is 5. The topological polar surface area (TPSA) is 82.5 Å². The Balaban J connectivity index is 2.58. The second kappa shape index (κ2) is 5.04. The van der Waals surface area contributed by atoms with Gasteiger partial charge in [0.15, 0.2) is 0 Å². The highest BCUT2D eigenvalue weighted by Crippen LogP contribution is 2.07. The summed E-state index contributed by atoms with van der Waals surface area (Å²) < 4.78 is 0. The molecule has 0 aliphatic rings. The van der Waals surface area contributed by atoms with Crippen LogP contribution < -0.4 is 5.32 Å². The summed E-state index contributed by atoms with van der Waals surface area (Å²) in [6.45, 7) is 1.23. The van der Waals surface area contributed by atoms with Gasteiger partial charge < -0.3 is 15.5 Å². The number of aryl methyl sites for hydroxylation is 1. The van der Waals surface area contributed by atoms with Crippen molar-refractivity contribution in [2.75, 3.05) is 13.2 Å². The number of aromatic nitrogens is 1. The lowest BCUT2D eigenvalue weighted by molar-refractivity contribution is 0.0875. The number of rotatable bonds is 4. The molecule has 0 fully saturated rings. The molecule has 1 aromatic rings. The summed E-state index contributed by atoms with van der Waals surface area (Å²) in [6, 6.07) is -0.621. The monoisotopic (exact) mass is 216 g/mol. The first-order valence-electron chi connectivity index (χ1n) is 4.12. The Morgan fingerprint density at radius 3 is 2.71 bits per heavy atom. The lowest BCUT2D eigenvalue weighted by atomic mass is 10.3. The van der Waals surface area contributed by atoms with Crippen molar-refractivity contribution < 1.29 is 15.0 Å². The van der Waals surface area contributed by atoms with Crippen molar-refractivity contribution in [2.45, 2.75) is 13.0 Å². The molecule has 0 aromatic carbocycles. The third-order valence-corrected chi connectivity index (χ3v) is 2.40. The maximum Gasteiger partial charge on any atom is 0.271 e. The zero-order chi connectivity index (χ0) is 10.6. The molecule has 78 valence electrons. The molecule has 0 atom stereocenters. The Bertz CT molecular complexity index is 309. The average Bonchev–Trinajstić information content (AvgIpc) is 2.61. The van der Waals surface area contributed by atoms with Crippen LogP contribution in [-0.4, -0.2) is 40.4 Å². The van der Waals surface area contributed by atoms with Crippen LogP contribution in [0, 0.1) is 6.92 Å². The van der Waals surface area contributed by atoms with Crippen LogP contribution in [0.4, 0.5) is 0 Å². The van der Waals surface area contributed by atoms with Crippen LogP contribution in [0.5, 0.6) is 0 Å². The fraction of sp³-hybridized carbons (Fsp3) is 0.500. The van der Waals surface area contributed by atoms with Crippen molar-refractivity contribution in [1.29, 1.82) is 0 Å². The molecule has 0 radical (unpaired) electrons. The summed E-state index contributed by atoms with van der Waals surface area (Å²) in [5.74, 6) is -0.373. The summed E-state index contributed by atoms with van der Waals surface area (Å²) in [4.78, 5) is 15.4. The van der Waals surface area contributed by atoms with E-state index in [4.69, 9.17) is 10.2 Å². The van der Waals surface area contributed by atoms with Crippen LogP contribution in [0.15, 0.2) is 5.38 Å². The third-order valence-electron chi connectivity index (χ3n) is 1.63. The van der Waals surface area contributed by atoms with Gasteiger partial charge in [0.05, 0.1) is 24.3 Å². The molecule has 0 saturated heterocycles. The van der Waals surface area contributed by atoms with Crippen molar-refractivity contribution in [3.8, 4) is 0 Å². The lowest BCUT2D eigenvalue weighted by Gasteiger charge is -2.11.